The van der Waals surface area contributed by atoms with Gasteiger partial charge in [-0.25, -0.2) is 0 Å². The van der Waals surface area contributed by atoms with Gasteiger partial charge in [0.2, 0.25) is 5.91 Å². The van der Waals surface area contributed by atoms with E-state index in [2.05, 4.69) is 15.4 Å². The molecule has 1 amide bonds. The lowest BCUT2D eigenvalue weighted by Gasteiger charge is -2.10. The smallest absolute Gasteiger partial charge is 0.253 e. The van der Waals surface area contributed by atoms with Crippen molar-refractivity contribution in [3.05, 3.63) is 57.0 Å². The number of hydrogen-bond donors (Lipinski definition) is 2. The molecule has 0 saturated carbocycles. The normalized spacial score (nSPS) is 11.3. The third kappa shape index (κ3) is 4.90. The number of benzene rings is 1. The molecule has 7 heteroatoms. The summed E-state index contributed by atoms with van der Waals surface area (Å²) in [6.45, 7) is 8.39. The van der Waals surface area contributed by atoms with Crippen LogP contribution in [0.2, 0.25) is 0 Å². The molecule has 3 rings (SSSR count). The van der Waals surface area contributed by atoms with Crippen molar-refractivity contribution in [2.75, 3.05) is 6.54 Å². The summed E-state index contributed by atoms with van der Waals surface area (Å²) in [5.41, 5.74) is 4.12. The van der Waals surface area contributed by atoms with E-state index in [0.717, 1.165) is 34.4 Å². The number of aromatic nitrogens is 3. The molecule has 0 radical (unpaired) electrons. The second kappa shape index (κ2) is 9.15. The number of aromatic amines is 1. The molecule has 1 aromatic carbocycles. The zero-order valence-corrected chi connectivity index (χ0v) is 18.3. The van der Waals surface area contributed by atoms with Crippen molar-refractivity contribution in [3.63, 3.8) is 0 Å². The summed E-state index contributed by atoms with van der Waals surface area (Å²) >= 11 is 0. The molecule has 0 bridgehead atoms. The predicted molar refractivity (Wildman–Crippen MR) is 118 cm³/mol. The van der Waals surface area contributed by atoms with Gasteiger partial charge in [0.05, 0.1) is 11.8 Å². The van der Waals surface area contributed by atoms with Crippen LogP contribution in [0.3, 0.4) is 0 Å². The summed E-state index contributed by atoms with van der Waals surface area (Å²) < 4.78 is 7.32. The number of hydrogen-bond acceptors (Lipinski definition) is 4. The fourth-order valence-electron chi connectivity index (χ4n) is 3.74. The Morgan fingerprint density at radius 1 is 1.20 bits per heavy atom. The third-order valence-electron chi connectivity index (χ3n) is 5.19. The van der Waals surface area contributed by atoms with Crippen molar-refractivity contribution in [1.29, 1.82) is 0 Å². The first-order chi connectivity index (χ1) is 14.3. The first-order valence-corrected chi connectivity index (χ1v) is 10.3. The van der Waals surface area contributed by atoms with Crippen LogP contribution in [0, 0.1) is 13.8 Å². The van der Waals surface area contributed by atoms with Gasteiger partial charge in [0.15, 0.2) is 0 Å². The number of carbonyl (C=O) groups is 1. The molecule has 0 unspecified atom stereocenters. The highest BCUT2D eigenvalue weighted by molar-refractivity contribution is 5.83. The Hall–Kier alpha value is -3.09. The number of ether oxygens (including phenoxy) is 1. The lowest BCUT2D eigenvalue weighted by atomic mass is 10.0. The molecule has 0 fully saturated rings. The molecule has 0 saturated heterocycles. The van der Waals surface area contributed by atoms with E-state index in [1.807, 2.05) is 59.0 Å². The van der Waals surface area contributed by atoms with Gasteiger partial charge in [0, 0.05) is 31.0 Å². The highest BCUT2D eigenvalue weighted by Crippen LogP contribution is 2.21. The summed E-state index contributed by atoms with van der Waals surface area (Å²) in [5.74, 6) is 0.788. The maximum Gasteiger partial charge on any atom is 0.253 e. The van der Waals surface area contributed by atoms with Gasteiger partial charge in [-0.3, -0.25) is 14.3 Å². The van der Waals surface area contributed by atoms with E-state index in [1.165, 1.54) is 0 Å². The number of rotatable bonds is 8. The van der Waals surface area contributed by atoms with Crippen molar-refractivity contribution < 1.29 is 9.53 Å². The van der Waals surface area contributed by atoms with E-state index >= 15 is 0 Å². The van der Waals surface area contributed by atoms with Crippen LogP contribution < -0.4 is 15.6 Å². The van der Waals surface area contributed by atoms with Crippen LogP contribution in [-0.2, 0) is 24.7 Å². The minimum atomic E-state index is -0.153. The topological polar surface area (TPSA) is 89.0 Å². The molecule has 2 heterocycles. The van der Waals surface area contributed by atoms with Gasteiger partial charge in [-0.15, -0.1) is 0 Å². The molecule has 7 nitrogen and oxygen atoms in total. The van der Waals surface area contributed by atoms with Crippen LogP contribution in [0.25, 0.3) is 11.0 Å². The Morgan fingerprint density at radius 2 is 1.90 bits per heavy atom. The van der Waals surface area contributed by atoms with E-state index in [4.69, 9.17) is 4.74 Å². The van der Waals surface area contributed by atoms with E-state index in [-0.39, 0.29) is 24.0 Å². The maximum atomic E-state index is 12.5. The number of pyridine rings is 1. The Labute approximate surface area is 176 Å². The van der Waals surface area contributed by atoms with E-state index in [9.17, 15) is 9.59 Å². The first kappa shape index (κ1) is 21.6. The molecular weight excluding hydrogens is 380 g/mol. The summed E-state index contributed by atoms with van der Waals surface area (Å²) in [6.07, 6.45) is 1.57. The highest BCUT2D eigenvalue weighted by Gasteiger charge is 2.15. The Morgan fingerprint density at radius 3 is 2.57 bits per heavy atom. The van der Waals surface area contributed by atoms with Gasteiger partial charge in [-0.05, 0) is 63.8 Å². The van der Waals surface area contributed by atoms with E-state index in [1.54, 1.807) is 4.68 Å². The third-order valence-corrected chi connectivity index (χ3v) is 5.19. The zero-order valence-electron chi connectivity index (χ0n) is 18.3. The minimum absolute atomic E-state index is 0.0587. The van der Waals surface area contributed by atoms with Gasteiger partial charge in [0.25, 0.3) is 5.56 Å². The van der Waals surface area contributed by atoms with Crippen LogP contribution >= 0.6 is 0 Å². The van der Waals surface area contributed by atoms with Crippen LogP contribution in [-0.4, -0.2) is 33.3 Å². The van der Waals surface area contributed by atoms with Crippen LogP contribution in [0.15, 0.2) is 29.1 Å². The lowest BCUT2D eigenvalue weighted by Crippen LogP contribution is -2.27. The monoisotopic (exact) mass is 410 g/mol. The van der Waals surface area contributed by atoms with Crippen molar-refractivity contribution >= 4 is 16.9 Å². The quantitative estimate of drug-likeness (QED) is 0.598. The Balaban J connectivity index is 1.54. The molecule has 2 aromatic heterocycles. The van der Waals surface area contributed by atoms with Crippen molar-refractivity contribution in [3.8, 4) is 5.75 Å². The molecule has 2 N–H and O–H groups in total. The number of H-pyrrole nitrogens is 1. The lowest BCUT2D eigenvalue weighted by molar-refractivity contribution is -0.121. The molecule has 3 aromatic rings. The molecule has 30 heavy (non-hydrogen) atoms. The summed E-state index contributed by atoms with van der Waals surface area (Å²) in [4.78, 5) is 27.7. The molecule has 0 aliphatic heterocycles. The summed E-state index contributed by atoms with van der Waals surface area (Å²) in [7, 11) is 1.81. The summed E-state index contributed by atoms with van der Waals surface area (Å²) in [6, 6.07) is 7.92. The number of nitrogens with zero attached hydrogens (tertiary/aromatic N) is 2. The number of amides is 1. The predicted octanol–water partition coefficient (Wildman–Crippen LogP) is 2.96. The standard InChI is InChI=1S/C23H30N4O3/c1-14(2)30-18-8-6-17(7-9-18)12-13-24-20(28)11-10-19-15(3)21-16(4)26-27(5)22(21)25-23(19)29/h6-9,14H,10-13H2,1-5H3,(H,24,28)(H,25,29). The van der Waals surface area contributed by atoms with Crippen molar-refractivity contribution in [1.82, 2.24) is 20.1 Å². The summed E-state index contributed by atoms with van der Waals surface area (Å²) in [5, 5.41) is 8.27. The zero-order chi connectivity index (χ0) is 21.8. The Bertz CT molecular complexity index is 1090. The minimum Gasteiger partial charge on any atom is -0.491 e. The van der Waals surface area contributed by atoms with Gasteiger partial charge in [-0.1, -0.05) is 12.1 Å². The van der Waals surface area contributed by atoms with Gasteiger partial charge in [-0.2, -0.15) is 5.10 Å². The van der Waals surface area contributed by atoms with Crippen molar-refractivity contribution in [2.24, 2.45) is 7.05 Å². The van der Waals surface area contributed by atoms with Crippen LogP contribution in [0.4, 0.5) is 0 Å². The molecular formula is C23H30N4O3. The van der Waals surface area contributed by atoms with E-state index < -0.39 is 0 Å². The largest absolute Gasteiger partial charge is 0.491 e. The Kier molecular flexibility index (Phi) is 6.59. The molecule has 0 aliphatic rings. The number of fused-ring (bicyclic) bond motifs is 1. The van der Waals surface area contributed by atoms with Gasteiger partial charge in [0.1, 0.15) is 11.4 Å². The first-order valence-electron chi connectivity index (χ1n) is 10.3. The molecule has 0 aliphatic carbocycles. The average Bonchev–Trinajstić information content (AvgIpc) is 2.96. The van der Waals surface area contributed by atoms with Crippen molar-refractivity contribution in [2.45, 2.75) is 53.1 Å². The number of carbonyl (C=O) groups excluding carboxylic acids is 1. The maximum absolute atomic E-state index is 12.5. The fraction of sp³-hybridized carbons (Fsp3) is 0.435. The fourth-order valence-corrected chi connectivity index (χ4v) is 3.74. The number of aryl methyl sites for hydroxylation is 3. The van der Waals surface area contributed by atoms with Crippen LogP contribution in [0.1, 0.15) is 42.7 Å². The molecule has 0 spiro atoms. The van der Waals surface area contributed by atoms with Crippen LogP contribution in [0.5, 0.6) is 5.75 Å². The number of nitrogens with one attached hydrogen (secondary N) is 2. The van der Waals surface area contributed by atoms with E-state index in [0.29, 0.717) is 24.2 Å². The highest BCUT2D eigenvalue weighted by atomic mass is 16.5. The SMILES string of the molecule is Cc1nn(C)c2[nH]c(=O)c(CCC(=O)NCCc3ccc(OC(C)C)cc3)c(C)c12. The van der Waals surface area contributed by atoms with Gasteiger partial charge < -0.3 is 15.0 Å². The second-order valence-electron chi connectivity index (χ2n) is 7.90. The second-order valence-corrected chi connectivity index (χ2v) is 7.90. The molecule has 160 valence electrons. The van der Waals surface area contributed by atoms with Gasteiger partial charge >= 0.3 is 0 Å². The molecule has 0 atom stereocenters. The average molecular weight is 411 g/mol.